The van der Waals surface area contributed by atoms with Crippen molar-refractivity contribution in [3.8, 4) is 0 Å². The third-order valence-electron chi connectivity index (χ3n) is 6.06. The Morgan fingerprint density at radius 1 is 1.03 bits per heavy atom. The highest BCUT2D eigenvalue weighted by Gasteiger charge is 2.25. The first kappa shape index (κ1) is 21.6. The molecule has 0 bridgehead atoms. The summed E-state index contributed by atoms with van der Waals surface area (Å²) in [7, 11) is -3.95. The van der Waals surface area contributed by atoms with Gasteiger partial charge < -0.3 is 5.11 Å². The van der Waals surface area contributed by atoms with E-state index in [1.54, 1.807) is 30.3 Å². The molecule has 2 aliphatic rings. The van der Waals surface area contributed by atoms with Gasteiger partial charge in [-0.05, 0) is 80.4 Å². The Morgan fingerprint density at radius 2 is 1.77 bits per heavy atom. The van der Waals surface area contributed by atoms with E-state index in [1.165, 1.54) is 12.8 Å². The molecule has 2 aromatic rings. The number of aromatic carboxylic acids is 1. The Morgan fingerprint density at radius 3 is 2.55 bits per heavy atom. The van der Waals surface area contributed by atoms with Crippen LogP contribution in [-0.2, 0) is 22.9 Å². The summed E-state index contributed by atoms with van der Waals surface area (Å²) in [5.74, 6) is -1.10. The summed E-state index contributed by atoms with van der Waals surface area (Å²) in [4.78, 5) is 14.5. The zero-order chi connectivity index (χ0) is 21.8. The van der Waals surface area contributed by atoms with Gasteiger partial charge in [0.2, 0.25) is 0 Å². The standard InChI is InChI=1S/C24H28N2O4S/c27-24(28)23-20-11-3-1-8-18(20)13-14-21(23)25-31(29,30)22-12-4-2-9-19(22)10-7-17-26-15-5-6-16-26/h2,4,7,9-10,12-14,25H,1,3,5-6,8,11,15-17H2,(H,27,28)/b10-7-. The number of rotatable bonds is 7. The average Bonchev–Trinajstić information content (AvgIpc) is 3.27. The molecule has 1 fully saturated rings. The smallest absolute Gasteiger partial charge is 0.338 e. The van der Waals surface area contributed by atoms with Gasteiger partial charge in [-0.3, -0.25) is 9.62 Å². The highest BCUT2D eigenvalue weighted by molar-refractivity contribution is 7.92. The first-order valence-electron chi connectivity index (χ1n) is 10.8. The fourth-order valence-electron chi connectivity index (χ4n) is 4.51. The minimum Gasteiger partial charge on any atom is -0.478 e. The van der Waals surface area contributed by atoms with E-state index in [9.17, 15) is 18.3 Å². The molecule has 7 heteroatoms. The van der Waals surface area contributed by atoms with Crippen molar-refractivity contribution >= 4 is 27.8 Å². The lowest BCUT2D eigenvalue weighted by Crippen LogP contribution is -2.19. The maximum absolute atomic E-state index is 13.2. The van der Waals surface area contributed by atoms with Crippen LogP contribution in [0.4, 0.5) is 5.69 Å². The minimum absolute atomic E-state index is 0.0721. The number of carbonyl (C=O) groups is 1. The van der Waals surface area contributed by atoms with E-state index in [1.807, 2.05) is 18.2 Å². The second-order valence-electron chi connectivity index (χ2n) is 8.19. The van der Waals surface area contributed by atoms with Gasteiger partial charge in [0, 0.05) is 6.54 Å². The number of carboxylic acids is 1. The summed E-state index contributed by atoms with van der Waals surface area (Å²) >= 11 is 0. The molecule has 2 N–H and O–H groups in total. The molecule has 6 nitrogen and oxygen atoms in total. The Hall–Kier alpha value is -2.64. The number of likely N-dealkylation sites (tertiary alicyclic amines) is 1. The first-order chi connectivity index (χ1) is 15.0. The number of anilines is 1. The Labute approximate surface area is 183 Å². The second-order valence-corrected chi connectivity index (χ2v) is 9.84. The van der Waals surface area contributed by atoms with Crippen LogP contribution in [0.5, 0.6) is 0 Å². The zero-order valence-corrected chi connectivity index (χ0v) is 18.3. The van der Waals surface area contributed by atoms with Crippen LogP contribution in [0.2, 0.25) is 0 Å². The number of benzene rings is 2. The van der Waals surface area contributed by atoms with E-state index >= 15 is 0 Å². The van der Waals surface area contributed by atoms with Crippen LogP contribution < -0.4 is 4.72 Å². The lowest BCUT2D eigenvalue weighted by atomic mass is 9.87. The Kier molecular flexibility index (Phi) is 6.43. The van der Waals surface area contributed by atoms with Crippen LogP contribution in [-0.4, -0.2) is 44.0 Å². The fourth-order valence-corrected chi connectivity index (χ4v) is 5.79. The molecule has 1 aliphatic carbocycles. The number of nitrogens with zero attached hydrogens (tertiary/aromatic N) is 1. The van der Waals surface area contributed by atoms with Crippen LogP contribution in [0.3, 0.4) is 0 Å². The summed E-state index contributed by atoms with van der Waals surface area (Å²) in [5.41, 5.74) is 2.53. The number of aryl methyl sites for hydroxylation is 1. The van der Waals surface area contributed by atoms with Crippen molar-refractivity contribution in [3.05, 3.63) is 64.7 Å². The van der Waals surface area contributed by atoms with Crippen molar-refractivity contribution in [2.75, 3.05) is 24.4 Å². The topological polar surface area (TPSA) is 86.7 Å². The molecule has 31 heavy (non-hydrogen) atoms. The maximum atomic E-state index is 13.2. The number of nitrogens with one attached hydrogen (secondary N) is 1. The third-order valence-corrected chi connectivity index (χ3v) is 7.50. The molecule has 0 radical (unpaired) electrons. The van der Waals surface area contributed by atoms with Gasteiger partial charge in [0.05, 0.1) is 16.1 Å². The van der Waals surface area contributed by atoms with Crippen molar-refractivity contribution in [2.24, 2.45) is 0 Å². The van der Waals surface area contributed by atoms with Crippen molar-refractivity contribution < 1.29 is 18.3 Å². The monoisotopic (exact) mass is 440 g/mol. The predicted molar refractivity (Wildman–Crippen MR) is 122 cm³/mol. The summed E-state index contributed by atoms with van der Waals surface area (Å²) in [5, 5.41) is 9.81. The van der Waals surface area contributed by atoms with Gasteiger partial charge >= 0.3 is 5.97 Å². The van der Waals surface area contributed by atoms with Gasteiger partial charge in [-0.15, -0.1) is 0 Å². The number of hydrogen-bond acceptors (Lipinski definition) is 4. The molecule has 0 amide bonds. The van der Waals surface area contributed by atoms with Crippen molar-refractivity contribution in [1.29, 1.82) is 0 Å². The van der Waals surface area contributed by atoms with E-state index in [0.717, 1.165) is 50.0 Å². The number of fused-ring (bicyclic) bond motifs is 1. The number of hydrogen-bond donors (Lipinski definition) is 2. The summed E-state index contributed by atoms with van der Waals surface area (Å²) in [6, 6.07) is 10.2. The quantitative estimate of drug-likeness (QED) is 0.675. The molecule has 1 saturated heterocycles. The van der Waals surface area contributed by atoms with Crippen LogP contribution in [0.1, 0.15) is 52.7 Å². The first-order valence-corrected chi connectivity index (χ1v) is 12.3. The van der Waals surface area contributed by atoms with Crippen molar-refractivity contribution in [3.63, 3.8) is 0 Å². The van der Waals surface area contributed by atoms with Crippen LogP contribution in [0.25, 0.3) is 6.08 Å². The molecule has 0 aromatic heterocycles. The van der Waals surface area contributed by atoms with E-state index < -0.39 is 16.0 Å². The molecule has 4 rings (SSSR count). The van der Waals surface area contributed by atoms with E-state index in [0.29, 0.717) is 12.0 Å². The minimum atomic E-state index is -3.95. The molecular weight excluding hydrogens is 412 g/mol. The maximum Gasteiger partial charge on any atom is 0.338 e. The lowest BCUT2D eigenvalue weighted by Gasteiger charge is -2.21. The molecular formula is C24H28N2O4S. The zero-order valence-electron chi connectivity index (χ0n) is 17.5. The van der Waals surface area contributed by atoms with Gasteiger partial charge in [0.1, 0.15) is 0 Å². The van der Waals surface area contributed by atoms with E-state index in [4.69, 9.17) is 0 Å². The average molecular weight is 441 g/mol. The molecule has 164 valence electrons. The molecule has 1 heterocycles. The Bertz CT molecular complexity index is 1100. The molecule has 1 aliphatic heterocycles. The largest absolute Gasteiger partial charge is 0.478 e. The van der Waals surface area contributed by atoms with Gasteiger partial charge in [0.25, 0.3) is 10.0 Å². The summed E-state index contributed by atoms with van der Waals surface area (Å²) in [6.07, 6.45) is 9.64. The molecule has 0 spiro atoms. The van der Waals surface area contributed by atoms with E-state index in [2.05, 4.69) is 9.62 Å². The summed E-state index contributed by atoms with van der Waals surface area (Å²) in [6.45, 7) is 2.93. The highest BCUT2D eigenvalue weighted by Crippen LogP contribution is 2.31. The lowest BCUT2D eigenvalue weighted by molar-refractivity contribution is 0.0696. The molecule has 0 atom stereocenters. The van der Waals surface area contributed by atoms with Crippen molar-refractivity contribution in [1.82, 2.24) is 4.90 Å². The SMILES string of the molecule is O=C(O)c1c(NS(=O)(=O)c2ccccc2/C=C\CN2CCCC2)ccc2c1CCCC2. The highest BCUT2D eigenvalue weighted by atomic mass is 32.2. The van der Waals surface area contributed by atoms with Crippen LogP contribution in [0.15, 0.2) is 47.4 Å². The summed E-state index contributed by atoms with van der Waals surface area (Å²) < 4.78 is 29.0. The van der Waals surface area contributed by atoms with Gasteiger partial charge in [0.15, 0.2) is 0 Å². The number of sulfonamides is 1. The number of carboxylic acid groups (broad SMARTS) is 1. The molecule has 0 saturated carbocycles. The fraction of sp³-hybridized carbons (Fsp3) is 0.375. The normalized spacial score (nSPS) is 17.0. The molecule has 0 unspecified atom stereocenters. The van der Waals surface area contributed by atoms with Crippen LogP contribution >= 0.6 is 0 Å². The second kappa shape index (κ2) is 9.24. The third kappa shape index (κ3) is 4.83. The van der Waals surface area contributed by atoms with Gasteiger partial charge in [-0.2, -0.15) is 0 Å². The van der Waals surface area contributed by atoms with Crippen molar-refractivity contribution in [2.45, 2.75) is 43.4 Å². The van der Waals surface area contributed by atoms with Gasteiger partial charge in [-0.1, -0.05) is 36.4 Å². The molecule has 2 aromatic carbocycles. The predicted octanol–water partition coefficient (Wildman–Crippen LogP) is 4.17. The Balaban J connectivity index is 1.63. The van der Waals surface area contributed by atoms with E-state index in [-0.39, 0.29) is 16.1 Å². The van der Waals surface area contributed by atoms with Gasteiger partial charge in [-0.25, -0.2) is 13.2 Å². The van der Waals surface area contributed by atoms with Crippen LogP contribution in [0, 0.1) is 0 Å².